The summed E-state index contributed by atoms with van der Waals surface area (Å²) < 4.78 is 2.37. The summed E-state index contributed by atoms with van der Waals surface area (Å²) in [6.45, 7) is 5.17. The van der Waals surface area contributed by atoms with Gasteiger partial charge in [-0.1, -0.05) is 49.6 Å². The minimum atomic E-state index is 0.00500. The van der Waals surface area contributed by atoms with Crippen LogP contribution in [-0.2, 0) is 6.42 Å². The lowest BCUT2D eigenvalue weighted by Gasteiger charge is -2.32. The maximum absolute atomic E-state index is 13.5. The second-order valence-corrected chi connectivity index (χ2v) is 10.1. The molecule has 180 valence electrons. The summed E-state index contributed by atoms with van der Waals surface area (Å²) in [5.74, 6) is 0.222. The number of fused-ring (bicyclic) bond motifs is 1. The molecule has 0 bridgehead atoms. The minimum absolute atomic E-state index is 0.00500. The largest absolute Gasteiger partial charge is 0.508 e. The number of aromatic nitrogens is 1. The minimum Gasteiger partial charge on any atom is -0.508 e. The number of phenols is 1. The van der Waals surface area contributed by atoms with Crippen LogP contribution in [0.2, 0.25) is 0 Å². The molecule has 1 aliphatic heterocycles. The fourth-order valence-corrected chi connectivity index (χ4v) is 6.02. The van der Waals surface area contributed by atoms with Crippen molar-refractivity contribution in [3.63, 3.8) is 0 Å². The van der Waals surface area contributed by atoms with Crippen molar-refractivity contribution < 1.29 is 9.90 Å². The summed E-state index contributed by atoms with van der Waals surface area (Å²) in [6.07, 6.45) is 9.13. The third kappa shape index (κ3) is 4.85. The zero-order valence-electron chi connectivity index (χ0n) is 20.3. The van der Waals surface area contributed by atoms with Gasteiger partial charge in [0, 0.05) is 48.3 Å². The van der Waals surface area contributed by atoms with Gasteiger partial charge in [-0.3, -0.25) is 4.79 Å². The molecule has 0 radical (unpaired) electrons. The van der Waals surface area contributed by atoms with Crippen LogP contribution >= 0.6 is 0 Å². The smallest absolute Gasteiger partial charge is 0.253 e. The Morgan fingerprint density at radius 2 is 1.74 bits per heavy atom. The maximum Gasteiger partial charge on any atom is 0.253 e. The van der Waals surface area contributed by atoms with Crippen LogP contribution in [0.4, 0.5) is 0 Å². The number of hydrogen-bond donors (Lipinski definition) is 2. The van der Waals surface area contributed by atoms with Crippen molar-refractivity contribution >= 4 is 16.8 Å². The van der Waals surface area contributed by atoms with E-state index in [1.165, 1.54) is 24.8 Å². The van der Waals surface area contributed by atoms with Crippen LogP contribution in [0.25, 0.3) is 10.9 Å². The highest BCUT2D eigenvalue weighted by atomic mass is 16.3. The molecule has 2 aliphatic rings. The standard InChI is InChI=1S/C29H37N3O2/c1-21-28(26-20-25(33)12-13-27(26)32(21)24-10-6-3-7-11-24)29(34)30-23-15-18-31(19-16-23)17-14-22-8-4-2-5-9-22/h2,4-5,8-9,12-13,20,23-24,33H,3,6-7,10-11,14-19H2,1H3,(H,30,34). The molecule has 1 saturated carbocycles. The molecule has 5 heteroatoms. The monoisotopic (exact) mass is 459 g/mol. The number of aromatic hydroxyl groups is 1. The van der Waals surface area contributed by atoms with E-state index in [0.717, 1.165) is 73.9 Å². The molecular weight excluding hydrogens is 422 g/mol. The predicted octanol–water partition coefficient (Wildman–Crippen LogP) is 5.60. The summed E-state index contributed by atoms with van der Waals surface area (Å²) in [6, 6.07) is 16.8. The van der Waals surface area contributed by atoms with E-state index in [-0.39, 0.29) is 17.7 Å². The summed E-state index contributed by atoms with van der Waals surface area (Å²) in [7, 11) is 0. The summed E-state index contributed by atoms with van der Waals surface area (Å²) in [5, 5.41) is 14.4. The summed E-state index contributed by atoms with van der Waals surface area (Å²) in [4.78, 5) is 16.0. The van der Waals surface area contributed by atoms with Gasteiger partial charge in [-0.15, -0.1) is 0 Å². The van der Waals surface area contributed by atoms with Gasteiger partial charge in [0.2, 0.25) is 0 Å². The molecule has 0 atom stereocenters. The Morgan fingerprint density at radius 3 is 2.47 bits per heavy atom. The molecule has 3 aromatic rings. The van der Waals surface area contributed by atoms with Gasteiger partial charge in [0.25, 0.3) is 5.91 Å². The van der Waals surface area contributed by atoms with Crippen molar-refractivity contribution in [2.75, 3.05) is 19.6 Å². The first-order chi connectivity index (χ1) is 16.6. The number of rotatable bonds is 6. The van der Waals surface area contributed by atoms with Gasteiger partial charge < -0.3 is 19.9 Å². The van der Waals surface area contributed by atoms with Gasteiger partial charge in [-0.05, 0) is 62.8 Å². The van der Waals surface area contributed by atoms with Crippen LogP contribution in [0.15, 0.2) is 48.5 Å². The first-order valence-corrected chi connectivity index (χ1v) is 13.0. The fourth-order valence-electron chi connectivity index (χ4n) is 6.02. The molecule has 5 nitrogen and oxygen atoms in total. The molecular formula is C29H37N3O2. The van der Waals surface area contributed by atoms with E-state index < -0.39 is 0 Å². The van der Waals surface area contributed by atoms with Crippen LogP contribution in [0.3, 0.4) is 0 Å². The zero-order valence-corrected chi connectivity index (χ0v) is 20.3. The Morgan fingerprint density at radius 1 is 1.00 bits per heavy atom. The number of carbonyl (C=O) groups is 1. The normalized spacial score (nSPS) is 18.4. The number of nitrogens with zero attached hydrogens (tertiary/aromatic N) is 2. The lowest BCUT2D eigenvalue weighted by Crippen LogP contribution is -2.45. The Labute approximate surface area is 202 Å². The molecule has 2 aromatic carbocycles. The molecule has 1 saturated heterocycles. The van der Waals surface area contributed by atoms with Crippen LogP contribution in [0, 0.1) is 6.92 Å². The number of amides is 1. The van der Waals surface area contributed by atoms with E-state index in [1.54, 1.807) is 12.1 Å². The molecule has 1 aromatic heterocycles. The fraction of sp³-hybridized carbons (Fsp3) is 0.483. The van der Waals surface area contributed by atoms with Crippen molar-refractivity contribution in [2.45, 2.75) is 70.4 Å². The molecule has 34 heavy (non-hydrogen) atoms. The second-order valence-electron chi connectivity index (χ2n) is 10.1. The van der Waals surface area contributed by atoms with Crippen molar-refractivity contribution in [1.82, 2.24) is 14.8 Å². The highest BCUT2D eigenvalue weighted by molar-refractivity contribution is 6.09. The number of piperidine rings is 1. The molecule has 5 rings (SSSR count). The number of carbonyl (C=O) groups excluding carboxylic acids is 1. The van der Waals surface area contributed by atoms with Crippen LogP contribution < -0.4 is 5.32 Å². The Kier molecular flexibility index (Phi) is 6.91. The number of phenolic OH excluding ortho intramolecular Hbond substituents is 1. The first kappa shape index (κ1) is 23.0. The van der Waals surface area contributed by atoms with Crippen LogP contribution in [0.5, 0.6) is 5.75 Å². The van der Waals surface area contributed by atoms with Gasteiger partial charge in [0.15, 0.2) is 0 Å². The van der Waals surface area contributed by atoms with E-state index in [4.69, 9.17) is 0 Å². The summed E-state index contributed by atoms with van der Waals surface area (Å²) >= 11 is 0. The lowest BCUT2D eigenvalue weighted by molar-refractivity contribution is 0.0912. The third-order valence-electron chi connectivity index (χ3n) is 7.88. The number of nitrogens with one attached hydrogen (secondary N) is 1. The van der Waals surface area contributed by atoms with E-state index in [2.05, 4.69) is 52.0 Å². The van der Waals surface area contributed by atoms with Crippen molar-refractivity contribution in [3.8, 4) is 5.75 Å². The van der Waals surface area contributed by atoms with E-state index in [9.17, 15) is 9.90 Å². The van der Waals surface area contributed by atoms with Crippen molar-refractivity contribution in [3.05, 3.63) is 65.4 Å². The van der Waals surface area contributed by atoms with Gasteiger partial charge in [-0.25, -0.2) is 0 Å². The maximum atomic E-state index is 13.5. The van der Waals surface area contributed by atoms with Crippen molar-refractivity contribution in [2.24, 2.45) is 0 Å². The molecule has 2 heterocycles. The highest BCUT2D eigenvalue weighted by Gasteiger charge is 2.27. The Hall–Kier alpha value is -2.79. The SMILES string of the molecule is Cc1c(C(=O)NC2CCN(CCc3ccccc3)CC2)c2cc(O)ccc2n1C1CCCCC1. The van der Waals surface area contributed by atoms with E-state index in [0.29, 0.717) is 6.04 Å². The quantitative estimate of drug-likeness (QED) is 0.505. The molecule has 0 spiro atoms. The topological polar surface area (TPSA) is 57.5 Å². The van der Waals surface area contributed by atoms with Gasteiger partial charge >= 0.3 is 0 Å². The molecule has 0 unspecified atom stereocenters. The van der Waals surface area contributed by atoms with Gasteiger partial charge in [-0.2, -0.15) is 0 Å². The molecule has 1 aliphatic carbocycles. The van der Waals surface area contributed by atoms with E-state index >= 15 is 0 Å². The average Bonchev–Trinajstić information content (AvgIpc) is 3.15. The summed E-state index contributed by atoms with van der Waals surface area (Å²) in [5.41, 5.74) is 4.22. The van der Waals surface area contributed by atoms with Crippen LogP contribution in [0.1, 0.15) is 72.6 Å². The molecule has 2 fully saturated rings. The highest BCUT2D eigenvalue weighted by Crippen LogP contribution is 2.37. The molecule has 1 amide bonds. The van der Waals surface area contributed by atoms with Gasteiger partial charge in [0.05, 0.1) is 5.56 Å². The Bertz CT molecular complexity index is 1120. The third-order valence-corrected chi connectivity index (χ3v) is 7.88. The van der Waals surface area contributed by atoms with Crippen LogP contribution in [-0.4, -0.2) is 46.2 Å². The number of hydrogen-bond acceptors (Lipinski definition) is 3. The first-order valence-electron chi connectivity index (χ1n) is 13.0. The zero-order chi connectivity index (χ0) is 23.5. The van der Waals surface area contributed by atoms with Gasteiger partial charge in [0.1, 0.15) is 5.75 Å². The lowest BCUT2D eigenvalue weighted by atomic mass is 9.95. The predicted molar refractivity (Wildman–Crippen MR) is 138 cm³/mol. The number of benzene rings is 2. The Balaban J connectivity index is 1.27. The average molecular weight is 460 g/mol. The molecule has 2 N–H and O–H groups in total. The second kappa shape index (κ2) is 10.2. The van der Waals surface area contributed by atoms with E-state index in [1.807, 2.05) is 6.07 Å². The number of likely N-dealkylation sites (tertiary alicyclic amines) is 1. The van der Waals surface area contributed by atoms with Crippen molar-refractivity contribution in [1.29, 1.82) is 0 Å².